The first kappa shape index (κ1) is 14.4. The molecule has 1 amide bonds. The lowest BCUT2D eigenvalue weighted by Crippen LogP contribution is -2.41. The zero-order valence-corrected chi connectivity index (χ0v) is 11.4. The number of carbonyl (C=O) groups excluding carboxylic acids is 1. The summed E-state index contributed by atoms with van der Waals surface area (Å²) in [6.07, 6.45) is 1.56. The van der Waals surface area contributed by atoms with Crippen LogP contribution >= 0.6 is 0 Å². The molecule has 0 saturated heterocycles. The van der Waals surface area contributed by atoms with E-state index in [0.717, 1.165) is 0 Å². The first-order valence-corrected chi connectivity index (χ1v) is 6.03. The van der Waals surface area contributed by atoms with Gasteiger partial charge in [-0.25, -0.2) is 0 Å². The van der Waals surface area contributed by atoms with Gasteiger partial charge in [0.1, 0.15) is 0 Å². The van der Waals surface area contributed by atoms with Gasteiger partial charge in [0.2, 0.25) is 0 Å². The number of nitrogens with two attached hydrogens (primary N) is 1. The van der Waals surface area contributed by atoms with Crippen LogP contribution in [-0.4, -0.2) is 42.1 Å². The highest BCUT2D eigenvalue weighted by Gasteiger charge is 2.21. The van der Waals surface area contributed by atoms with Crippen molar-refractivity contribution in [1.29, 1.82) is 0 Å². The van der Waals surface area contributed by atoms with Crippen LogP contribution in [0.25, 0.3) is 0 Å². The highest BCUT2D eigenvalue weighted by atomic mass is 16.5. The normalized spacial score (nSPS) is 12.2. The van der Waals surface area contributed by atoms with Crippen molar-refractivity contribution >= 4 is 11.6 Å². The lowest BCUT2D eigenvalue weighted by Gasteiger charge is -2.28. The Kier molecular flexibility index (Phi) is 5.09. The molecule has 0 radical (unpaired) electrons. The van der Waals surface area contributed by atoms with Crippen LogP contribution in [0, 0.1) is 6.92 Å². The summed E-state index contributed by atoms with van der Waals surface area (Å²) in [4.78, 5) is 18.3. The number of aryl methyl sites for hydroxylation is 1. The number of methoxy groups -OCH3 is 1. The van der Waals surface area contributed by atoms with E-state index in [-0.39, 0.29) is 11.9 Å². The summed E-state index contributed by atoms with van der Waals surface area (Å²) in [6.45, 7) is 6.84. The third kappa shape index (κ3) is 3.20. The molecule has 0 bridgehead atoms. The van der Waals surface area contributed by atoms with Crippen LogP contribution in [0.1, 0.15) is 29.9 Å². The highest BCUT2D eigenvalue weighted by molar-refractivity contribution is 5.96. The number of likely N-dealkylation sites (N-methyl/N-ethyl adjacent to an activating group) is 1. The maximum absolute atomic E-state index is 12.4. The molecular weight excluding hydrogens is 230 g/mol. The van der Waals surface area contributed by atoms with Crippen LogP contribution in [-0.2, 0) is 4.74 Å². The molecule has 0 aromatic carbocycles. The van der Waals surface area contributed by atoms with Gasteiger partial charge in [-0.3, -0.25) is 9.78 Å². The fraction of sp³-hybridized carbons (Fsp3) is 0.538. The van der Waals surface area contributed by atoms with Gasteiger partial charge < -0.3 is 15.4 Å². The molecule has 18 heavy (non-hydrogen) atoms. The fourth-order valence-corrected chi connectivity index (χ4v) is 1.91. The number of hydrogen-bond acceptors (Lipinski definition) is 4. The van der Waals surface area contributed by atoms with Gasteiger partial charge in [-0.1, -0.05) is 0 Å². The number of nitrogen functional groups attached to an aromatic ring is 1. The van der Waals surface area contributed by atoms with Crippen molar-refractivity contribution < 1.29 is 9.53 Å². The van der Waals surface area contributed by atoms with Crippen LogP contribution in [0.15, 0.2) is 12.3 Å². The molecule has 0 fully saturated rings. The third-order valence-electron chi connectivity index (χ3n) is 2.88. The molecule has 2 N–H and O–H groups in total. The topological polar surface area (TPSA) is 68.5 Å². The number of hydrogen-bond donors (Lipinski definition) is 1. The van der Waals surface area contributed by atoms with Crippen molar-refractivity contribution in [1.82, 2.24) is 9.88 Å². The number of carbonyl (C=O) groups is 1. The third-order valence-corrected chi connectivity index (χ3v) is 2.88. The SMILES string of the molecule is CCN(C(=O)c1cc(N)cnc1C)C(C)COC. The summed E-state index contributed by atoms with van der Waals surface area (Å²) in [5.74, 6) is -0.0562. The Morgan fingerprint density at radius 1 is 1.61 bits per heavy atom. The minimum atomic E-state index is -0.0562. The van der Waals surface area contributed by atoms with Crippen molar-refractivity contribution in [3.63, 3.8) is 0 Å². The smallest absolute Gasteiger partial charge is 0.256 e. The lowest BCUT2D eigenvalue weighted by atomic mass is 10.1. The van der Waals surface area contributed by atoms with Crippen molar-refractivity contribution in [3.8, 4) is 0 Å². The van der Waals surface area contributed by atoms with Crippen molar-refractivity contribution in [2.75, 3.05) is 26.0 Å². The van der Waals surface area contributed by atoms with E-state index in [9.17, 15) is 4.79 Å². The first-order chi connectivity index (χ1) is 8.51. The van der Waals surface area contributed by atoms with Crippen molar-refractivity contribution in [2.24, 2.45) is 0 Å². The fourth-order valence-electron chi connectivity index (χ4n) is 1.91. The van der Waals surface area contributed by atoms with Crippen LogP contribution < -0.4 is 5.73 Å². The van der Waals surface area contributed by atoms with Gasteiger partial charge >= 0.3 is 0 Å². The standard InChI is InChI=1S/C13H21N3O2/c1-5-16(9(2)8-18-4)13(17)12-6-11(14)7-15-10(12)3/h6-7,9H,5,8,14H2,1-4H3. The number of rotatable bonds is 5. The highest BCUT2D eigenvalue weighted by Crippen LogP contribution is 2.14. The van der Waals surface area contributed by atoms with Gasteiger partial charge in [-0.15, -0.1) is 0 Å². The average Bonchev–Trinajstić information content (AvgIpc) is 2.33. The Morgan fingerprint density at radius 3 is 2.83 bits per heavy atom. The number of amides is 1. The van der Waals surface area contributed by atoms with Gasteiger partial charge in [-0.05, 0) is 26.8 Å². The summed E-state index contributed by atoms with van der Waals surface area (Å²) >= 11 is 0. The monoisotopic (exact) mass is 251 g/mol. The summed E-state index contributed by atoms with van der Waals surface area (Å²) in [5, 5.41) is 0. The predicted molar refractivity (Wildman–Crippen MR) is 71.4 cm³/mol. The summed E-state index contributed by atoms with van der Waals surface area (Å²) in [6, 6.07) is 1.70. The Bertz CT molecular complexity index is 421. The number of aromatic nitrogens is 1. The van der Waals surface area contributed by atoms with Crippen LogP contribution in [0.5, 0.6) is 0 Å². The molecule has 0 saturated carbocycles. The Labute approximate surface area is 108 Å². The van der Waals surface area contributed by atoms with Crippen molar-refractivity contribution in [2.45, 2.75) is 26.8 Å². The van der Waals surface area contributed by atoms with Crippen LogP contribution in [0.3, 0.4) is 0 Å². The van der Waals surface area contributed by atoms with Crippen molar-refractivity contribution in [3.05, 3.63) is 23.5 Å². The molecule has 1 aromatic heterocycles. The number of pyridine rings is 1. The molecule has 5 nitrogen and oxygen atoms in total. The maximum atomic E-state index is 12.4. The minimum absolute atomic E-state index is 0.0216. The molecule has 0 spiro atoms. The van der Waals surface area contributed by atoms with E-state index in [2.05, 4.69) is 4.98 Å². The summed E-state index contributed by atoms with van der Waals surface area (Å²) in [5.41, 5.74) is 7.43. The molecule has 1 heterocycles. The predicted octanol–water partition coefficient (Wildman–Crippen LogP) is 1.47. The molecule has 1 unspecified atom stereocenters. The average molecular weight is 251 g/mol. The van der Waals surface area contributed by atoms with E-state index < -0.39 is 0 Å². The van der Waals surface area contributed by atoms with E-state index in [1.807, 2.05) is 20.8 Å². The van der Waals surface area contributed by atoms with E-state index in [1.165, 1.54) is 0 Å². The minimum Gasteiger partial charge on any atom is -0.397 e. The number of nitrogens with zero attached hydrogens (tertiary/aromatic N) is 2. The molecule has 0 aliphatic carbocycles. The van der Waals surface area contributed by atoms with Crippen LogP contribution in [0.4, 0.5) is 5.69 Å². The molecule has 0 aliphatic heterocycles. The van der Waals surface area contributed by atoms with E-state index in [0.29, 0.717) is 30.1 Å². The number of anilines is 1. The Balaban J connectivity index is 2.99. The Hall–Kier alpha value is -1.62. The summed E-state index contributed by atoms with van der Waals surface area (Å²) < 4.78 is 5.09. The number of ether oxygens (including phenoxy) is 1. The second-order valence-corrected chi connectivity index (χ2v) is 4.30. The van der Waals surface area contributed by atoms with Gasteiger partial charge in [0.15, 0.2) is 0 Å². The van der Waals surface area contributed by atoms with Gasteiger partial charge in [-0.2, -0.15) is 0 Å². The van der Waals surface area contributed by atoms with Gasteiger partial charge in [0, 0.05) is 13.7 Å². The van der Waals surface area contributed by atoms with Gasteiger partial charge in [0.25, 0.3) is 5.91 Å². The zero-order chi connectivity index (χ0) is 13.7. The van der Waals surface area contributed by atoms with Crippen LogP contribution in [0.2, 0.25) is 0 Å². The summed E-state index contributed by atoms with van der Waals surface area (Å²) in [7, 11) is 1.63. The van der Waals surface area contributed by atoms with E-state index in [4.69, 9.17) is 10.5 Å². The molecule has 1 rings (SSSR count). The quantitative estimate of drug-likeness (QED) is 0.860. The molecule has 5 heteroatoms. The van der Waals surface area contributed by atoms with E-state index in [1.54, 1.807) is 24.3 Å². The molecule has 1 atom stereocenters. The molecule has 100 valence electrons. The van der Waals surface area contributed by atoms with E-state index >= 15 is 0 Å². The zero-order valence-electron chi connectivity index (χ0n) is 11.4. The second-order valence-electron chi connectivity index (χ2n) is 4.30. The first-order valence-electron chi connectivity index (χ1n) is 6.03. The molecule has 0 aliphatic rings. The molecular formula is C13H21N3O2. The largest absolute Gasteiger partial charge is 0.397 e. The Morgan fingerprint density at radius 2 is 2.28 bits per heavy atom. The lowest BCUT2D eigenvalue weighted by molar-refractivity contribution is 0.0578. The maximum Gasteiger partial charge on any atom is 0.256 e. The second kappa shape index (κ2) is 6.35. The molecule has 1 aromatic rings. The van der Waals surface area contributed by atoms with Gasteiger partial charge in [0.05, 0.1) is 35.8 Å².